The van der Waals surface area contributed by atoms with E-state index in [-0.39, 0.29) is 10.8 Å². The van der Waals surface area contributed by atoms with Crippen LogP contribution in [0.4, 0.5) is 17.1 Å². The van der Waals surface area contributed by atoms with Gasteiger partial charge in [-0.2, -0.15) is 0 Å². The molecule has 0 aromatic heterocycles. The molecule has 0 unspecified atom stereocenters. The zero-order valence-electron chi connectivity index (χ0n) is 18.8. The number of nitrogens with one attached hydrogen (secondary N) is 2. The number of benzene rings is 3. The Balaban J connectivity index is 1.63. The molecule has 0 aliphatic heterocycles. The van der Waals surface area contributed by atoms with E-state index in [9.17, 15) is 13.2 Å². The molecule has 1 atom stereocenters. The van der Waals surface area contributed by atoms with Gasteiger partial charge in [0.15, 0.2) is 0 Å². The predicted molar refractivity (Wildman–Crippen MR) is 131 cm³/mol. The van der Waals surface area contributed by atoms with E-state index in [1.807, 2.05) is 49.3 Å². The van der Waals surface area contributed by atoms with E-state index in [1.54, 1.807) is 37.3 Å². The van der Waals surface area contributed by atoms with Gasteiger partial charge in [-0.15, -0.1) is 0 Å². The fourth-order valence-electron chi connectivity index (χ4n) is 3.12. The molecule has 0 saturated heterocycles. The monoisotopic (exact) mass is 468 g/mol. The molecule has 0 spiro atoms. The van der Waals surface area contributed by atoms with E-state index >= 15 is 0 Å². The number of anilines is 3. The number of nitrogens with two attached hydrogens (primary N) is 1. The van der Waals surface area contributed by atoms with Gasteiger partial charge in [0.2, 0.25) is 15.9 Å². The van der Waals surface area contributed by atoms with Gasteiger partial charge in [-0.05, 0) is 55.0 Å². The van der Waals surface area contributed by atoms with Crippen molar-refractivity contribution in [3.8, 4) is 5.75 Å². The van der Waals surface area contributed by atoms with Gasteiger partial charge in [-0.1, -0.05) is 30.3 Å². The predicted octanol–water partition coefficient (Wildman–Crippen LogP) is 3.42. The van der Waals surface area contributed by atoms with Crippen molar-refractivity contribution in [1.82, 2.24) is 0 Å². The number of rotatable bonds is 9. The van der Waals surface area contributed by atoms with Crippen molar-refractivity contribution in [2.45, 2.75) is 24.5 Å². The first-order chi connectivity index (χ1) is 15.6. The third kappa shape index (κ3) is 6.71. The number of hydrogen-bond acceptors (Lipinski definition) is 6. The average Bonchev–Trinajstić information content (AvgIpc) is 2.78. The molecular formula is C24H28N4O4S. The first kappa shape index (κ1) is 24.1. The van der Waals surface area contributed by atoms with Crippen LogP contribution in [0.15, 0.2) is 77.7 Å². The molecular weight excluding hydrogens is 440 g/mol. The van der Waals surface area contributed by atoms with E-state index in [1.165, 1.54) is 12.1 Å². The maximum absolute atomic E-state index is 12.7. The van der Waals surface area contributed by atoms with Crippen LogP contribution in [0.3, 0.4) is 0 Å². The van der Waals surface area contributed by atoms with Crippen molar-refractivity contribution in [2.24, 2.45) is 5.14 Å². The zero-order chi connectivity index (χ0) is 24.0. The number of hydrogen-bond donors (Lipinski definition) is 3. The Morgan fingerprint density at radius 1 is 1.03 bits per heavy atom. The Kier molecular flexibility index (Phi) is 7.57. The molecule has 4 N–H and O–H groups in total. The number of sulfonamides is 1. The Morgan fingerprint density at radius 2 is 1.70 bits per heavy atom. The number of primary sulfonamides is 1. The summed E-state index contributed by atoms with van der Waals surface area (Å²) in [4.78, 5) is 14.5. The summed E-state index contributed by atoms with van der Waals surface area (Å²) >= 11 is 0. The van der Waals surface area contributed by atoms with Crippen LogP contribution < -0.4 is 25.4 Å². The van der Waals surface area contributed by atoms with Gasteiger partial charge in [0.1, 0.15) is 18.4 Å². The highest BCUT2D eigenvalue weighted by atomic mass is 32.2. The van der Waals surface area contributed by atoms with Gasteiger partial charge >= 0.3 is 0 Å². The summed E-state index contributed by atoms with van der Waals surface area (Å²) in [6.07, 6.45) is 0. The SMILES string of the molecule is C[C@@H](Nc1cc(S(N)(=O)=O)ccc1N(C)C)C(=O)Nc1ccc(OCc2ccccc2)cc1. The van der Waals surface area contributed by atoms with Gasteiger partial charge in [0, 0.05) is 19.8 Å². The standard InChI is InChI=1S/C24H28N4O4S/c1-17(26-22-15-21(33(25,30)31)13-14-23(22)28(2)3)24(29)27-19-9-11-20(12-10-19)32-16-18-7-5-4-6-8-18/h4-15,17,26H,16H2,1-3H3,(H,27,29)(H2,25,30,31)/t17-/m1/s1. The normalized spacial score (nSPS) is 12.0. The second-order valence-corrected chi connectivity index (χ2v) is 9.33. The maximum atomic E-state index is 12.7. The lowest BCUT2D eigenvalue weighted by molar-refractivity contribution is -0.116. The highest BCUT2D eigenvalue weighted by Crippen LogP contribution is 2.28. The fourth-order valence-corrected chi connectivity index (χ4v) is 3.66. The average molecular weight is 469 g/mol. The van der Waals surface area contributed by atoms with Crippen LogP contribution in [0.25, 0.3) is 0 Å². The summed E-state index contributed by atoms with van der Waals surface area (Å²) in [5.74, 6) is 0.414. The lowest BCUT2D eigenvalue weighted by atomic mass is 10.2. The van der Waals surface area contributed by atoms with Gasteiger partial charge < -0.3 is 20.3 Å². The molecule has 8 nitrogen and oxygen atoms in total. The van der Waals surface area contributed by atoms with Gasteiger partial charge in [0.05, 0.1) is 16.3 Å². The Bertz CT molecular complexity index is 1200. The molecule has 3 rings (SSSR count). The number of ether oxygens (including phenoxy) is 1. The van der Waals surface area contributed by atoms with Gasteiger partial charge in [-0.25, -0.2) is 13.6 Å². The number of amides is 1. The molecule has 1 amide bonds. The van der Waals surface area contributed by atoms with Crippen LogP contribution in [0.5, 0.6) is 5.75 Å². The Labute approximate surface area is 194 Å². The molecule has 0 aliphatic carbocycles. The van der Waals surface area contributed by atoms with Crippen molar-refractivity contribution < 1.29 is 17.9 Å². The molecule has 3 aromatic rings. The number of carbonyl (C=O) groups excluding carboxylic acids is 1. The van der Waals surface area contributed by atoms with Crippen molar-refractivity contribution >= 4 is 33.0 Å². The third-order valence-electron chi connectivity index (χ3n) is 4.91. The second-order valence-electron chi connectivity index (χ2n) is 7.77. The molecule has 174 valence electrons. The zero-order valence-corrected chi connectivity index (χ0v) is 19.6. The molecule has 0 saturated carbocycles. The van der Waals surface area contributed by atoms with Crippen LogP contribution in [0.2, 0.25) is 0 Å². The van der Waals surface area contributed by atoms with Crippen molar-refractivity contribution in [2.75, 3.05) is 29.6 Å². The number of carbonyl (C=O) groups is 1. The van der Waals surface area contributed by atoms with E-state index in [0.29, 0.717) is 23.7 Å². The van der Waals surface area contributed by atoms with Gasteiger partial charge in [0.25, 0.3) is 0 Å². The molecule has 33 heavy (non-hydrogen) atoms. The molecule has 0 heterocycles. The van der Waals surface area contributed by atoms with Crippen LogP contribution in [-0.2, 0) is 21.4 Å². The molecule has 3 aromatic carbocycles. The molecule has 0 radical (unpaired) electrons. The minimum Gasteiger partial charge on any atom is -0.489 e. The van der Waals surface area contributed by atoms with Crippen molar-refractivity contribution in [3.05, 3.63) is 78.4 Å². The highest BCUT2D eigenvalue weighted by Gasteiger charge is 2.18. The largest absolute Gasteiger partial charge is 0.489 e. The molecule has 0 fully saturated rings. The lowest BCUT2D eigenvalue weighted by Crippen LogP contribution is -2.32. The van der Waals surface area contributed by atoms with Crippen molar-refractivity contribution in [3.63, 3.8) is 0 Å². The van der Waals surface area contributed by atoms with E-state index in [4.69, 9.17) is 9.88 Å². The van der Waals surface area contributed by atoms with E-state index in [0.717, 1.165) is 11.3 Å². The first-order valence-electron chi connectivity index (χ1n) is 10.3. The minimum absolute atomic E-state index is 0.0331. The molecule has 0 aliphatic rings. The summed E-state index contributed by atoms with van der Waals surface area (Å²) in [6, 6.07) is 20.8. The number of nitrogens with zero attached hydrogens (tertiary/aromatic N) is 1. The fraction of sp³-hybridized carbons (Fsp3) is 0.208. The Morgan fingerprint density at radius 3 is 2.30 bits per heavy atom. The van der Waals surface area contributed by atoms with E-state index < -0.39 is 16.1 Å². The lowest BCUT2D eigenvalue weighted by Gasteiger charge is -2.22. The highest BCUT2D eigenvalue weighted by molar-refractivity contribution is 7.89. The summed E-state index contributed by atoms with van der Waals surface area (Å²) in [5.41, 5.74) is 2.89. The van der Waals surface area contributed by atoms with Crippen LogP contribution in [0.1, 0.15) is 12.5 Å². The molecule has 9 heteroatoms. The summed E-state index contributed by atoms with van der Waals surface area (Å²) in [6.45, 7) is 2.15. The van der Waals surface area contributed by atoms with Crippen LogP contribution in [0, 0.1) is 0 Å². The smallest absolute Gasteiger partial charge is 0.246 e. The van der Waals surface area contributed by atoms with Crippen molar-refractivity contribution in [1.29, 1.82) is 0 Å². The van der Waals surface area contributed by atoms with Crippen LogP contribution in [-0.4, -0.2) is 34.5 Å². The summed E-state index contributed by atoms with van der Waals surface area (Å²) in [5, 5.41) is 11.2. The summed E-state index contributed by atoms with van der Waals surface area (Å²) in [7, 11) is -0.225. The minimum atomic E-state index is -3.87. The van der Waals surface area contributed by atoms with E-state index in [2.05, 4.69) is 10.6 Å². The summed E-state index contributed by atoms with van der Waals surface area (Å²) < 4.78 is 29.2. The second kappa shape index (κ2) is 10.4. The topological polar surface area (TPSA) is 114 Å². The maximum Gasteiger partial charge on any atom is 0.246 e. The van der Waals surface area contributed by atoms with Crippen LogP contribution >= 0.6 is 0 Å². The third-order valence-corrected chi connectivity index (χ3v) is 5.82. The molecule has 0 bridgehead atoms. The quantitative estimate of drug-likeness (QED) is 0.443. The first-order valence-corrected chi connectivity index (χ1v) is 11.9. The Hall–Kier alpha value is -3.56. The van der Waals surface area contributed by atoms with Gasteiger partial charge in [-0.3, -0.25) is 4.79 Å².